The summed E-state index contributed by atoms with van der Waals surface area (Å²) >= 11 is 0. The molecule has 0 N–H and O–H groups in total. The fourth-order valence-electron chi connectivity index (χ4n) is 17.0. The van der Waals surface area contributed by atoms with Crippen LogP contribution in [0.2, 0.25) is 0 Å². The zero-order valence-corrected chi connectivity index (χ0v) is 80.5. The lowest BCUT2D eigenvalue weighted by atomic mass is 9.92. The Morgan fingerprint density at radius 2 is 0.394 bits per heavy atom. The van der Waals surface area contributed by atoms with Crippen molar-refractivity contribution < 1.29 is 138 Å². The lowest BCUT2D eigenvalue weighted by Crippen LogP contribution is -3.00. The third-order valence-corrected chi connectivity index (χ3v) is 24.6. The number of rotatable bonds is 51. The fraction of sp³-hybridized carbons (Fsp3) is 1.00. The third-order valence-electron chi connectivity index (χ3n) is 24.6. The number of piperidine rings is 2. The van der Waals surface area contributed by atoms with Gasteiger partial charge in [0.1, 0.15) is 0 Å². The van der Waals surface area contributed by atoms with Crippen molar-refractivity contribution >= 4 is 0 Å². The minimum atomic E-state index is 0. The molecule has 0 bridgehead atoms. The normalized spacial score (nSPS) is 16.8. The molecule has 4 fully saturated rings. The molecule has 0 amide bonds. The molecule has 0 aromatic rings. The summed E-state index contributed by atoms with van der Waals surface area (Å²) in [6.45, 7) is 31.4. The number of halogens is 6. The summed E-state index contributed by atoms with van der Waals surface area (Å²) in [6, 6.07) is 1.89. The van der Waals surface area contributed by atoms with Crippen molar-refractivity contribution in [1.82, 2.24) is 0 Å². The Labute approximate surface area is 689 Å². The van der Waals surface area contributed by atoms with Crippen molar-refractivity contribution in [3.63, 3.8) is 0 Å². The van der Waals surface area contributed by atoms with Gasteiger partial charge in [0.15, 0.2) is 0 Å². The van der Waals surface area contributed by atoms with Gasteiger partial charge in [0.05, 0.1) is 215 Å². The molecule has 0 radical (unpaired) electrons. The van der Waals surface area contributed by atoms with Gasteiger partial charge in [-0.25, -0.2) is 0 Å². The highest BCUT2D eigenvalue weighted by atomic mass is 79.9. The Kier molecular flexibility index (Phi) is 76.6. The highest BCUT2D eigenvalue weighted by Gasteiger charge is 2.32. The highest BCUT2D eigenvalue weighted by molar-refractivity contribution is 4.68. The van der Waals surface area contributed by atoms with Crippen LogP contribution in [0.25, 0.3) is 0 Å². The molecule has 14 heteroatoms. The molecule has 0 unspecified atom stereocenters. The summed E-state index contributed by atoms with van der Waals surface area (Å²) < 4.78 is 10.2. The van der Waals surface area contributed by atoms with E-state index in [0.717, 1.165) is 12.1 Å². The Morgan fingerprint density at radius 3 is 0.636 bits per heavy atom. The zero-order chi connectivity index (χ0) is 69.1. The van der Waals surface area contributed by atoms with Crippen LogP contribution in [0, 0.1) is 0 Å². The maximum atomic E-state index is 2.49. The molecular weight excluding hydrogens is 1610 g/mol. The highest BCUT2D eigenvalue weighted by Crippen LogP contribution is 2.29. The van der Waals surface area contributed by atoms with Crippen LogP contribution >= 0.6 is 0 Å². The monoisotopic (exact) mass is 1790 g/mol. The first kappa shape index (κ1) is 112. The molecule has 0 aromatic carbocycles. The van der Waals surface area contributed by atoms with Crippen LogP contribution in [-0.4, -0.2) is 251 Å². The number of nitrogens with zero attached hydrogens (tertiary/aromatic N) is 8. The SMILES string of the molecule is CCCCCCCC[N+](C)(C)CCCCC[N+](C)(C)CCCCCCCC.CCCC[N+](C)(C)CCCCC[N+](C)(C)CCCC.C[N+](C)(CCCCC[N+](C)(C)C1CCCCC1)C1CCCCC1.C[N+]1(CCCCCCCCCC[N+]2(C)CCCCC2)CCCCC1.[Br-].[Br-].[Br-].[Br-].[Br-].[Br-]. The maximum absolute atomic E-state index is 2.49. The smallest absolute Gasteiger partial charge is 0.0886 e. The topological polar surface area (TPSA) is 0 Å². The van der Waals surface area contributed by atoms with Crippen LogP contribution in [0.4, 0.5) is 0 Å². The average molecular weight is 1800 g/mol. The molecule has 99 heavy (non-hydrogen) atoms. The van der Waals surface area contributed by atoms with E-state index in [1.807, 2.05) is 0 Å². The molecular formula is C85H186Br6N8+2. The van der Waals surface area contributed by atoms with E-state index in [9.17, 15) is 0 Å². The van der Waals surface area contributed by atoms with E-state index in [1.54, 1.807) is 0 Å². The maximum Gasteiger partial charge on any atom is 0.0886 e. The van der Waals surface area contributed by atoms with Gasteiger partial charge in [-0.15, -0.1) is 0 Å². The first-order chi connectivity index (χ1) is 44.2. The van der Waals surface area contributed by atoms with Gasteiger partial charge in [0.2, 0.25) is 0 Å². The van der Waals surface area contributed by atoms with E-state index in [-0.39, 0.29) is 102 Å². The van der Waals surface area contributed by atoms with Gasteiger partial charge in [0.25, 0.3) is 0 Å². The lowest BCUT2D eigenvalue weighted by molar-refractivity contribution is -0.918. The molecule has 2 aliphatic carbocycles. The van der Waals surface area contributed by atoms with Crippen molar-refractivity contribution in [2.24, 2.45) is 0 Å². The van der Waals surface area contributed by atoms with E-state index in [4.69, 9.17) is 0 Å². The molecule has 2 heterocycles. The summed E-state index contributed by atoms with van der Waals surface area (Å²) in [5, 5.41) is 0. The Balaban J connectivity index is -0.000000287. The standard InChI is InChI=1S/C25H56N2.C22H46N2.C21H44N2.C17H40N2.6BrH/c1-7-9-11-13-15-18-22-26(3,4)24-20-17-21-25-27(5,6)23-19-16-14-12-10-8-2;1-23(19-13-9-14-20-23)17-11-7-5-3-4-6-8-12-18-24(2)21-15-10-16-22-24;1-22(2,20-14-8-5-9-15-20)18-12-7-13-19-23(3,4)21-16-10-6-11-17-21;1-7-9-14-18(3,4)16-12-11-13-17-19(5,6)15-10-8-2;;;;;;/h7-25H2,1-6H3;3-22H2,1-2H3;20-21H,5-19H2,1-4H3;7-17H2,1-6H3;6*1H/q4*+2;;;;;;/p-6. The van der Waals surface area contributed by atoms with E-state index >= 15 is 0 Å². The predicted molar refractivity (Wildman–Crippen MR) is 419 cm³/mol. The summed E-state index contributed by atoms with van der Waals surface area (Å²) in [5.41, 5.74) is 0. The van der Waals surface area contributed by atoms with Crippen molar-refractivity contribution in [3.8, 4) is 0 Å². The molecule has 0 atom stereocenters. The summed E-state index contributed by atoms with van der Waals surface area (Å²) in [6.07, 6.45) is 70.5. The lowest BCUT2D eigenvalue weighted by Gasteiger charge is -2.41. The van der Waals surface area contributed by atoms with E-state index in [1.165, 1.54) is 455 Å². The number of unbranched alkanes of at least 4 members (excludes halogenated alkanes) is 25. The van der Waals surface area contributed by atoms with Gasteiger partial charge in [-0.3, -0.25) is 0 Å². The minimum Gasteiger partial charge on any atom is -1.00 e. The fourth-order valence-corrected chi connectivity index (χ4v) is 17.0. The summed E-state index contributed by atoms with van der Waals surface area (Å²) in [4.78, 5) is 0. The van der Waals surface area contributed by atoms with Crippen LogP contribution in [0.3, 0.4) is 0 Å². The minimum absolute atomic E-state index is 0. The van der Waals surface area contributed by atoms with E-state index in [0.29, 0.717) is 0 Å². The summed E-state index contributed by atoms with van der Waals surface area (Å²) in [7, 11) is 34.2. The molecule has 0 spiro atoms. The second-order valence-electron chi connectivity index (χ2n) is 37.1. The number of hydrogen-bond acceptors (Lipinski definition) is 0. The molecule has 606 valence electrons. The second-order valence-corrected chi connectivity index (χ2v) is 37.1. The predicted octanol–water partition coefficient (Wildman–Crippen LogP) is 3.31. The van der Waals surface area contributed by atoms with Gasteiger partial charge >= 0.3 is 0 Å². The van der Waals surface area contributed by atoms with Crippen molar-refractivity contribution in [3.05, 3.63) is 0 Å². The van der Waals surface area contributed by atoms with Crippen LogP contribution in [-0.2, 0) is 0 Å². The van der Waals surface area contributed by atoms with Crippen LogP contribution < -0.4 is 102 Å². The van der Waals surface area contributed by atoms with Crippen LogP contribution in [0.5, 0.6) is 0 Å². The number of likely N-dealkylation sites (tertiary alicyclic amines) is 2. The van der Waals surface area contributed by atoms with E-state index in [2.05, 4.69) is 126 Å². The molecule has 0 aromatic heterocycles. The van der Waals surface area contributed by atoms with Gasteiger partial charge in [-0.05, 0) is 212 Å². The van der Waals surface area contributed by atoms with Crippen molar-refractivity contribution in [1.29, 1.82) is 0 Å². The molecule has 8 nitrogen and oxygen atoms in total. The largest absolute Gasteiger partial charge is 1.00 e. The van der Waals surface area contributed by atoms with Crippen LogP contribution in [0.15, 0.2) is 0 Å². The van der Waals surface area contributed by atoms with Crippen LogP contribution in [0.1, 0.15) is 342 Å². The van der Waals surface area contributed by atoms with Gasteiger partial charge in [-0.2, -0.15) is 0 Å². The Morgan fingerprint density at radius 1 is 0.212 bits per heavy atom. The Bertz CT molecular complexity index is 1540. The first-order valence-corrected chi connectivity index (χ1v) is 42.8. The Hall–Kier alpha value is 2.56. The second kappa shape index (κ2) is 67.5. The molecule has 4 aliphatic rings. The average Bonchev–Trinajstić information content (AvgIpc) is 0.886. The zero-order valence-electron chi connectivity index (χ0n) is 71.0. The molecule has 2 aliphatic heterocycles. The number of hydrogen-bond donors (Lipinski definition) is 0. The molecule has 4 rings (SSSR count). The van der Waals surface area contributed by atoms with Gasteiger partial charge in [-0.1, -0.05) is 130 Å². The quantitative estimate of drug-likeness (QED) is 0.0650. The molecule has 2 saturated heterocycles. The third kappa shape index (κ3) is 64.0. The van der Waals surface area contributed by atoms with E-state index < -0.39 is 0 Å². The number of quaternary nitrogens is 8. The summed E-state index contributed by atoms with van der Waals surface area (Å²) in [5.74, 6) is 0. The van der Waals surface area contributed by atoms with Crippen molar-refractivity contribution in [2.75, 3.05) is 203 Å². The molecule has 2 saturated carbocycles. The van der Waals surface area contributed by atoms with Crippen molar-refractivity contribution in [2.45, 2.75) is 354 Å². The first-order valence-electron chi connectivity index (χ1n) is 42.8. The van der Waals surface area contributed by atoms with Gasteiger partial charge < -0.3 is 138 Å². The van der Waals surface area contributed by atoms with Gasteiger partial charge in [0, 0.05) is 0 Å².